The van der Waals surface area contributed by atoms with E-state index in [1.807, 2.05) is 30.5 Å². The molecule has 0 bridgehead atoms. The molecule has 20 heavy (non-hydrogen) atoms. The summed E-state index contributed by atoms with van der Waals surface area (Å²) in [5.74, 6) is -0.531. The highest BCUT2D eigenvalue weighted by Gasteiger charge is 2.19. The van der Waals surface area contributed by atoms with Crippen LogP contribution in [0.2, 0.25) is 0 Å². The van der Waals surface area contributed by atoms with Gasteiger partial charge >= 0.3 is 5.97 Å². The number of benzene rings is 1. The van der Waals surface area contributed by atoms with E-state index in [-0.39, 0.29) is 6.04 Å². The molecule has 1 atom stereocenters. The molecule has 0 fully saturated rings. The van der Waals surface area contributed by atoms with Crippen molar-refractivity contribution < 1.29 is 9.90 Å². The molecule has 2 N–H and O–H groups in total. The maximum atomic E-state index is 11.3. The number of anilines is 1. The van der Waals surface area contributed by atoms with Crippen LogP contribution in [0.15, 0.2) is 35.7 Å². The molecule has 0 aliphatic rings. The zero-order valence-electron chi connectivity index (χ0n) is 11.9. The Kier molecular flexibility index (Phi) is 4.45. The van der Waals surface area contributed by atoms with Crippen LogP contribution < -0.4 is 5.32 Å². The van der Waals surface area contributed by atoms with Crippen molar-refractivity contribution in [2.75, 3.05) is 5.32 Å². The fourth-order valence-corrected chi connectivity index (χ4v) is 3.12. The van der Waals surface area contributed by atoms with Gasteiger partial charge in [-0.05, 0) is 42.0 Å². The van der Waals surface area contributed by atoms with Gasteiger partial charge in [-0.25, -0.2) is 4.79 Å². The molecule has 2 rings (SSSR count). The average molecular weight is 289 g/mol. The van der Waals surface area contributed by atoms with Crippen LogP contribution in [0.5, 0.6) is 0 Å². The Morgan fingerprint density at radius 1 is 1.30 bits per heavy atom. The summed E-state index contributed by atoms with van der Waals surface area (Å²) in [5.41, 5.74) is 2.05. The summed E-state index contributed by atoms with van der Waals surface area (Å²) >= 11 is 1.69. The Balaban J connectivity index is 2.36. The highest BCUT2D eigenvalue weighted by Crippen LogP contribution is 2.31. The van der Waals surface area contributed by atoms with Crippen molar-refractivity contribution in [2.24, 2.45) is 5.92 Å². The van der Waals surface area contributed by atoms with E-state index < -0.39 is 5.97 Å². The number of carboxylic acid groups (broad SMARTS) is 1. The Labute approximate surface area is 123 Å². The van der Waals surface area contributed by atoms with Crippen LogP contribution in [0, 0.1) is 12.8 Å². The van der Waals surface area contributed by atoms with E-state index in [4.69, 9.17) is 0 Å². The normalized spacial score (nSPS) is 12.4. The number of rotatable bonds is 5. The van der Waals surface area contributed by atoms with Gasteiger partial charge in [-0.1, -0.05) is 26.0 Å². The van der Waals surface area contributed by atoms with E-state index in [1.165, 1.54) is 4.88 Å². The van der Waals surface area contributed by atoms with Crippen LogP contribution in [0.25, 0.3) is 0 Å². The minimum absolute atomic E-state index is 0.120. The van der Waals surface area contributed by atoms with E-state index in [9.17, 15) is 9.90 Å². The number of thiophene rings is 1. The molecule has 3 nitrogen and oxygen atoms in total. The number of carbonyl (C=O) groups is 1. The summed E-state index contributed by atoms with van der Waals surface area (Å²) in [6, 6.07) is 9.60. The summed E-state index contributed by atoms with van der Waals surface area (Å²) in [5, 5.41) is 14.7. The lowest BCUT2D eigenvalue weighted by molar-refractivity contribution is 0.0698. The average Bonchev–Trinajstić information content (AvgIpc) is 2.88. The molecular formula is C16H19NO2S. The second-order valence-electron chi connectivity index (χ2n) is 5.24. The number of aryl methyl sites for hydroxylation is 1. The van der Waals surface area contributed by atoms with Gasteiger partial charge in [0.2, 0.25) is 0 Å². The van der Waals surface area contributed by atoms with Gasteiger partial charge in [0.25, 0.3) is 0 Å². The SMILES string of the molecule is Cc1ccc(C(=O)O)c(NC(c2cccs2)C(C)C)c1. The number of aromatic carboxylic acids is 1. The van der Waals surface area contributed by atoms with Gasteiger partial charge in [-0.2, -0.15) is 0 Å². The summed E-state index contributed by atoms with van der Waals surface area (Å²) in [4.78, 5) is 12.6. The molecule has 2 aromatic rings. The number of nitrogens with one attached hydrogen (secondary N) is 1. The molecule has 0 saturated carbocycles. The maximum absolute atomic E-state index is 11.3. The fourth-order valence-electron chi connectivity index (χ4n) is 2.17. The molecule has 4 heteroatoms. The first-order chi connectivity index (χ1) is 9.49. The molecule has 0 saturated heterocycles. The molecular weight excluding hydrogens is 270 g/mol. The van der Waals surface area contributed by atoms with Crippen LogP contribution in [-0.2, 0) is 0 Å². The third-order valence-electron chi connectivity index (χ3n) is 3.23. The highest BCUT2D eigenvalue weighted by molar-refractivity contribution is 7.10. The zero-order valence-corrected chi connectivity index (χ0v) is 12.7. The first-order valence-electron chi connectivity index (χ1n) is 6.63. The van der Waals surface area contributed by atoms with Crippen molar-refractivity contribution in [1.29, 1.82) is 0 Å². The minimum Gasteiger partial charge on any atom is -0.478 e. The van der Waals surface area contributed by atoms with Gasteiger partial charge in [0.1, 0.15) is 0 Å². The lowest BCUT2D eigenvalue weighted by atomic mass is 10.0. The summed E-state index contributed by atoms with van der Waals surface area (Å²) < 4.78 is 0. The van der Waals surface area contributed by atoms with Crippen LogP contribution >= 0.6 is 11.3 Å². The van der Waals surface area contributed by atoms with Crippen molar-refractivity contribution in [3.8, 4) is 0 Å². The van der Waals surface area contributed by atoms with Gasteiger partial charge in [-0.15, -0.1) is 11.3 Å². The topological polar surface area (TPSA) is 49.3 Å². The second-order valence-corrected chi connectivity index (χ2v) is 6.21. The number of carboxylic acids is 1. The summed E-state index contributed by atoms with van der Waals surface area (Å²) in [7, 11) is 0. The van der Waals surface area contributed by atoms with E-state index in [2.05, 4.69) is 25.2 Å². The molecule has 106 valence electrons. The van der Waals surface area contributed by atoms with Gasteiger partial charge in [0.05, 0.1) is 11.6 Å². The standard InChI is InChI=1S/C16H19NO2S/c1-10(2)15(14-5-4-8-20-14)17-13-9-11(3)6-7-12(13)16(18)19/h4-10,15,17H,1-3H3,(H,18,19). The Morgan fingerprint density at radius 3 is 2.60 bits per heavy atom. The smallest absolute Gasteiger partial charge is 0.337 e. The van der Waals surface area contributed by atoms with Crippen molar-refractivity contribution >= 4 is 23.0 Å². The summed E-state index contributed by atoms with van der Waals surface area (Å²) in [6.07, 6.45) is 0. The Bertz CT molecular complexity index is 591. The molecule has 1 aromatic carbocycles. The number of hydrogen-bond acceptors (Lipinski definition) is 3. The zero-order chi connectivity index (χ0) is 14.7. The first-order valence-corrected chi connectivity index (χ1v) is 7.51. The molecule has 0 radical (unpaired) electrons. The first kappa shape index (κ1) is 14.6. The van der Waals surface area contributed by atoms with Crippen LogP contribution in [0.4, 0.5) is 5.69 Å². The van der Waals surface area contributed by atoms with E-state index >= 15 is 0 Å². The Morgan fingerprint density at radius 2 is 2.05 bits per heavy atom. The second kappa shape index (κ2) is 6.09. The molecule has 0 aliphatic heterocycles. The van der Waals surface area contributed by atoms with Crippen molar-refractivity contribution in [3.05, 3.63) is 51.7 Å². The van der Waals surface area contributed by atoms with Gasteiger partial charge < -0.3 is 10.4 Å². The molecule has 1 aromatic heterocycles. The van der Waals surface area contributed by atoms with E-state index in [1.54, 1.807) is 17.4 Å². The molecule has 0 amide bonds. The quantitative estimate of drug-likeness (QED) is 0.848. The van der Waals surface area contributed by atoms with Gasteiger partial charge in [-0.3, -0.25) is 0 Å². The predicted molar refractivity (Wildman–Crippen MR) is 83.7 cm³/mol. The third kappa shape index (κ3) is 3.20. The minimum atomic E-state index is -0.902. The van der Waals surface area contributed by atoms with Crippen LogP contribution in [-0.4, -0.2) is 11.1 Å². The lowest BCUT2D eigenvalue weighted by Crippen LogP contribution is -2.17. The van der Waals surface area contributed by atoms with Crippen LogP contribution in [0.1, 0.15) is 40.7 Å². The predicted octanol–water partition coefficient (Wildman–Crippen LogP) is 4.56. The van der Waals surface area contributed by atoms with Crippen molar-refractivity contribution in [2.45, 2.75) is 26.8 Å². The van der Waals surface area contributed by atoms with E-state index in [0.717, 1.165) is 5.56 Å². The van der Waals surface area contributed by atoms with Crippen molar-refractivity contribution in [1.82, 2.24) is 0 Å². The van der Waals surface area contributed by atoms with Gasteiger partial charge in [0.15, 0.2) is 0 Å². The summed E-state index contributed by atoms with van der Waals surface area (Å²) in [6.45, 7) is 6.23. The van der Waals surface area contributed by atoms with Crippen LogP contribution in [0.3, 0.4) is 0 Å². The van der Waals surface area contributed by atoms with Crippen molar-refractivity contribution in [3.63, 3.8) is 0 Å². The Hall–Kier alpha value is -1.81. The largest absolute Gasteiger partial charge is 0.478 e. The van der Waals surface area contributed by atoms with E-state index in [0.29, 0.717) is 17.2 Å². The van der Waals surface area contributed by atoms with Gasteiger partial charge in [0, 0.05) is 10.6 Å². The fraction of sp³-hybridized carbons (Fsp3) is 0.312. The molecule has 1 heterocycles. The maximum Gasteiger partial charge on any atom is 0.337 e. The number of hydrogen-bond donors (Lipinski definition) is 2. The molecule has 0 spiro atoms. The third-order valence-corrected chi connectivity index (χ3v) is 4.19. The lowest BCUT2D eigenvalue weighted by Gasteiger charge is -2.23. The molecule has 1 unspecified atom stereocenters. The molecule has 0 aliphatic carbocycles. The highest BCUT2D eigenvalue weighted by atomic mass is 32.1. The monoisotopic (exact) mass is 289 g/mol.